The Balaban J connectivity index is 2.09. The second-order valence-electron chi connectivity index (χ2n) is 3.77. The molecule has 1 atom stereocenters. The smallest absolute Gasteiger partial charge is 0.239 e. The van der Waals surface area contributed by atoms with Crippen molar-refractivity contribution in [1.29, 1.82) is 0 Å². The second kappa shape index (κ2) is 5.86. The van der Waals surface area contributed by atoms with E-state index in [0.29, 0.717) is 5.82 Å². The highest BCUT2D eigenvalue weighted by molar-refractivity contribution is 7.84. The van der Waals surface area contributed by atoms with Gasteiger partial charge >= 0.3 is 0 Å². The van der Waals surface area contributed by atoms with Crippen molar-refractivity contribution in [2.24, 2.45) is 0 Å². The van der Waals surface area contributed by atoms with E-state index < -0.39 is 16.6 Å². The highest BCUT2D eigenvalue weighted by Crippen LogP contribution is 2.15. The monoisotopic (exact) mass is 268 g/mol. The summed E-state index contributed by atoms with van der Waals surface area (Å²) in [5.74, 6) is 0.430. The van der Waals surface area contributed by atoms with E-state index in [4.69, 9.17) is 4.52 Å². The van der Waals surface area contributed by atoms with Crippen molar-refractivity contribution in [3.8, 4) is 0 Å². The van der Waals surface area contributed by atoms with Crippen LogP contribution in [0, 0.1) is 5.82 Å². The zero-order valence-corrected chi connectivity index (χ0v) is 10.7. The predicted octanol–water partition coefficient (Wildman–Crippen LogP) is 2.47. The van der Waals surface area contributed by atoms with Crippen LogP contribution in [-0.4, -0.2) is 14.3 Å². The van der Waals surface area contributed by atoms with Crippen LogP contribution in [0.2, 0.25) is 0 Å². The van der Waals surface area contributed by atoms with Gasteiger partial charge in [0.05, 0.1) is 15.7 Å². The Kier molecular flexibility index (Phi) is 4.19. The van der Waals surface area contributed by atoms with Crippen molar-refractivity contribution >= 4 is 10.8 Å². The summed E-state index contributed by atoms with van der Waals surface area (Å²) in [6.07, 6.45) is 1.63. The van der Waals surface area contributed by atoms with Crippen molar-refractivity contribution in [3.63, 3.8) is 0 Å². The van der Waals surface area contributed by atoms with Crippen LogP contribution in [0.15, 0.2) is 33.7 Å². The number of aryl methyl sites for hydroxylation is 1. The summed E-state index contributed by atoms with van der Waals surface area (Å²) < 4.78 is 30.3. The van der Waals surface area contributed by atoms with E-state index in [2.05, 4.69) is 10.1 Å². The minimum atomic E-state index is -1.51. The molecule has 0 saturated carbocycles. The molecule has 0 N–H and O–H groups in total. The fourth-order valence-corrected chi connectivity index (χ4v) is 2.51. The fourth-order valence-electron chi connectivity index (χ4n) is 1.49. The Morgan fingerprint density at radius 3 is 2.89 bits per heavy atom. The number of benzene rings is 1. The van der Waals surface area contributed by atoms with Crippen molar-refractivity contribution < 1.29 is 13.1 Å². The molecule has 1 heterocycles. The molecule has 0 bridgehead atoms. The lowest BCUT2D eigenvalue weighted by Gasteiger charge is -1.99. The first-order valence-electron chi connectivity index (χ1n) is 5.65. The van der Waals surface area contributed by atoms with Crippen LogP contribution in [0.5, 0.6) is 0 Å². The molecule has 0 radical (unpaired) electrons. The molecule has 0 aliphatic rings. The molecule has 0 saturated heterocycles. The van der Waals surface area contributed by atoms with E-state index in [1.165, 1.54) is 12.1 Å². The lowest BCUT2D eigenvalue weighted by molar-refractivity contribution is 0.383. The van der Waals surface area contributed by atoms with Gasteiger partial charge in [0, 0.05) is 6.42 Å². The molecule has 0 spiro atoms. The van der Waals surface area contributed by atoms with Gasteiger partial charge < -0.3 is 4.52 Å². The van der Waals surface area contributed by atoms with Crippen LogP contribution in [-0.2, 0) is 23.0 Å². The number of hydrogen-bond acceptors (Lipinski definition) is 4. The lowest BCUT2D eigenvalue weighted by Crippen LogP contribution is -1.99. The molecule has 0 aliphatic heterocycles. The molecule has 4 nitrogen and oxygen atoms in total. The van der Waals surface area contributed by atoms with Crippen LogP contribution < -0.4 is 0 Å². The van der Waals surface area contributed by atoms with Crippen LogP contribution >= 0.6 is 0 Å². The molecule has 2 rings (SSSR count). The second-order valence-corrected chi connectivity index (χ2v) is 5.19. The Morgan fingerprint density at radius 1 is 1.39 bits per heavy atom. The number of nitrogens with zero attached hydrogens (tertiary/aromatic N) is 2. The maximum atomic E-state index is 13.4. The van der Waals surface area contributed by atoms with E-state index in [1.54, 1.807) is 12.1 Å². The van der Waals surface area contributed by atoms with E-state index in [1.807, 2.05) is 6.92 Å². The largest absolute Gasteiger partial charge is 0.338 e. The van der Waals surface area contributed by atoms with Crippen LogP contribution in [0.4, 0.5) is 4.39 Å². The first kappa shape index (κ1) is 12.9. The van der Waals surface area contributed by atoms with Crippen molar-refractivity contribution in [1.82, 2.24) is 10.1 Å². The lowest BCUT2D eigenvalue weighted by atomic mass is 10.3. The molecular formula is C12H13FN2O2S. The zero-order chi connectivity index (χ0) is 13.0. The van der Waals surface area contributed by atoms with Gasteiger partial charge in [-0.2, -0.15) is 4.98 Å². The summed E-state index contributed by atoms with van der Waals surface area (Å²) in [5.41, 5.74) is 0. The Labute approximate surface area is 107 Å². The molecule has 0 fully saturated rings. The molecule has 96 valence electrons. The van der Waals surface area contributed by atoms with Crippen molar-refractivity contribution in [2.75, 3.05) is 0 Å². The van der Waals surface area contributed by atoms with Crippen LogP contribution in [0.3, 0.4) is 0 Å². The third-order valence-electron chi connectivity index (χ3n) is 2.32. The fraction of sp³-hybridized carbons (Fsp3) is 0.333. The maximum Gasteiger partial charge on any atom is 0.239 e. The molecule has 0 aliphatic carbocycles. The summed E-state index contributed by atoms with van der Waals surface area (Å²) >= 11 is 0. The minimum Gasteiger partial charge on any atom is -0.338 e. The number of aromatic nitrogens is 2. The first-order valence-corrected chi connectivity index (χ1v) is 6.97. The summed E-state index contributed by atoms with van der Waals surface area (Å²) in [6.45, 7) is 2.01. The van der Waals surface area contributed by atoms with Gasteiger partial charge in [-0.25, -0.2) is 4.39 Å². The summed E-state index contributed by atoms with van der Waals surface area (Å²) in [5, 5.41) is 3.76. The standard InChI is InChI=1S/C12H13FN2O2S/c1-2-5-11-14-12(17-15-11)8-18(16)10-7-4-3-6-9(10)13/h3-4,6-7H,2,5,8H2,1H3. The first-order chi connectivity index (χ1) is 8.70. The summed E-state index contributed by atoms with van der Waals surface area (Å²) in [6, 6.07) is 5.98. The SMILES string of the molecule is CCCc1noc(CS(=O)c2ccccc2F)n1. The van der Waals surface area contributed by atoms with Gasteiger partial charge in [0.1, 0.15) is 11.6 Å². The van der Waals surface area contributed by atoms with Gasteiger partial charge in [-0.15, -0.1) is 0 Å². The van der Waals surface area contributed by atoms with Gasteiger partial charge in [0.15, 0.2) is 5.82 Å². The normalized spacial score (nSPS) is 12.6. The average molecular weight is 268 g/mol. The van der Waals surface area contributed by atoms with Crippen molar-refractivity contribution in [2.45, 2.75) is 30.4 Å². The molecule has 1 aromatic heterocycles. The van der Waals surface area contributed by atoms with Crippen LogP contribution in [0.25, 0.3) is 0 Å². The molecule has 18 heavy (non-hydrogen) atoms. The highest BCUT2D eigenvalue weighted by atomic mass is 32.2. The Morgan fingerprint density at radius 2 is 2.17 bits per heavy atom. The summed E-state index contributed by atoms with van der Waals surface area (Å²) in [7, 11) is -1.51. The number of hydrogen-bond donors (Lipinski definition) is 0. The molecule has 6 heteroatoms. The summed E-state index contributed by atoms with van der Waals surface area (Å²) in [4.78, 5) is 4.26. The topological polar surface area (TPSA) is 56.0 Å². The quantitative estimate of drug-likeness (QED) is 0.836. The number of rotatable bonds is 5. The predicted molar refractivity (Wildman–Crippen MR) is 64.8 cm³/mol. The Bertz CT molecular complexity index is 557. The molecule has 2 aromatic rings. The van der Waals surface area contributed by atoms with Crippen LogP contribution in [0.1, 0.15) is 25.1 Å². The average Bonchev–Trinajstić information content (AvgIpc) is 2.77. The molecule has 1 aromatic carbocycles. The third kappa shape index (κ3) is 3.01. The minimum absolute atomic E-state index is 0.0393. The number of halogens is 1. The van der Waals surface area contributed by atoms with Gasteiger partial charge in [0.2, 0.25) is 5.89 Å². The van der Waals surface area contributed by atoms with Gasteiger partial charge in [0.25, 0.3) is 0 Å². The van der Waals surface area contributed by atoms with E-state index in [0.717, 1.165) is 12.8 Å². The van der Waals surface area contributed by atoms with E-state index in [9.17, 15) is 8.60 Å². The van der Waals surface area contributed by atoms with E-state index >= 15 is 0 Å². The van der Waals surface area contributed by atoms with Gasteiger partial charge in [-0.1, -0.05) is 24.2 Å². The third-order valence-corrected chi connectivity index (χ3v) is 3.65. The van der Waals surface area contributed by atoms with Crippen molar-refractivity contribution in [3.05, 3.63) is 41.8 Å². The highest BCUT2D eigenvalue weighted by Gasteiger charge is 2.14. The molecule has 1 unspecified atom stereocenters. The zero-order valence-electron chi connectivity index (χ0n) is 9.93. The molecular weight excluding hydrogens is 255 g/mol. The van der Waals surface area contributed by atoms with E-state index in [-0.39, 0.29) is 16.5 Å². The van der Waals surface area contributed by atoms with Gasteiger partial charge in [-0.3, -0.25) is 4.21 Å². The maximum absolute atomic E-state index is 13.4. The Hall–Kier alpha value is -1.56. The molecule has 0 amide bonds. The van der Waals surface area contributed by atoms with Gasteiger partial charge in [-0.05, 0) is 18.6 Å².